The van der Waals surface area contributed by atoms with E-state index in [9.17, 15) is 13.2 Å². The van der Waals surface area contributed by atoms with Gasteiger partial charge in [0.15, 0.2) is 5.03 Å². The van der Waals surface area contributed by atoms with Gasteiger partial charge >= 0.3 is 0 Å². The number of pyridine rings is 1. The van der Waals surface area contributed by atoms with Gasteiger partial charge in [-0.2, -0.15) is 8.42 Å². The van der Waals surface area contributed by atoms with Gasteiger partial charge in [0.1, 0.15) is 0 Å². The van der Waals surface area contributed by atoms with Crippen molar-refractivity contribution in [2.45, 2.75) is 17.9 Å². The van der Waals surface area contributed by atoms with Crippen molar-refractivity contribution in [3.63, 3.8) is 0 Å². The second-order valence-electron chi connectivity index (χ2n) is 4.81. The van der Waals surface area contributed by atoms with E-state index in [1.54, 1.807) is 6.07 Å². The third kappa shape index (κ3) is 1.60. The summed E-state index contributed by atoms with van der Waals surface area (Å²) in [4.78, 5) is 16.0. The van der Waals surface area contributed by atoms with Gasteiger partial charge in [-0.15, -0.1) is 0 Å². The van der Waals surface area contributed by atoms with E-state index >= 15 is 0 Å². The Morgan fingerprint density at radius 2 is 2.17 bits per heavy atom. The summed E-state index contributed by atoms with van der Waals surface area (Å²) in [5.74, 6) is -0.453. The van der Waals surface area contributed by atoms with Crippen LogP contribution in [0.3, 0.4) is 0 Å². The number of halogens is 1. The smallest absolute Gasteiger partial charge is 0.268 e. The van der Waals surface area contributed by atoms with E-state index in [1.165, 1.54) is 12.3 Å². The van der Waals surface area contributed by atoms with Crippen LogP contribution in [-0.2, 0) is 10.0 Å². The Balaban J connectivity index is 2.02. The summed E-state index contributed by atoms with van der Waals surface area (Å²) in [5, 5.41) is 0.601. The topological polar surface area (TPSA) is 67.3 Å². The first-order chi connectivity index (χ1) is 8.50. The molecule has 96 valence electrons. The normalized spacial score (nSPS) is 22.9. The van der Waals surface area contributed by atoms with Crippen molar-refractivity contribution < 1.29 is 13.2 Å². The van der Waals surface area contributed by atoms with Crippen LogP contribution in [0.5, 0.6) is 0 Å². The molecule has 0 radical (unpaired) electrons. The summed E-state index contributed by atoms with van der Waals surface area (Å²) in [7, 11) is -3.75. The van der Waals surface area contributed by atoms with Crippen molar-refractivity contribution in [2.75, 3.05) is 11.9 Å². The van der Waals surface area contributed by atoms with E-state index in [-0.39, 0.29) is 22.5 Å². The molecule has 0 aromatic carbocycles. The molecule has 2 heterocycles. The number of hydrogen-bond donors (Lipinski definition) is 0. The minimum absolute atomic E-state index is 0.0786. The molecular weight excluding hydrogens is 320 g/mol. The second-order valence-corrected chi connectivity index (χ2v) is 7.14. The van der Waals surface area contributed by atoms with Crippen molar-refractivity contribution >= 4 is 31.9 Å². The molecule has 1 aromatic rings. The Morgan fingerprint density at radius 1 is 1.44 bits per heavy atom. The standard InChI is InChI=1S/C11H11BrN2O3S/c12-6-11(3-4-11)7-14-10(15)8-2-1-5-13-9(8)18(14,16)17/h1-2,5H,3-4,6-7H2. The number of fused-ring (bicyclic) bond motifs is 1. The molecule has 0 atom stereocenters. The van der Waals surface area contributed by atoms with E-state index in [1.807, 2.05) is 0 Å². The molecule has 1 aliphatic heterocycles. The number of aromatic nitrogens is 1. The highest BCUT2D eigenvalue weighted by Crippen LogP contribution is 2.49. The van der Waals surface area contributed by atoms with Crippen LogP contribution in [0.2, 0.25) is 0 Å². The van der Waals surface area contributed by atoms with E-state index in [4.69, 9.17) is 0 Å². The highest BCUT2D eigenvalue weighted by atomic mass is 79.9. The summed E-state index contributed by atoms with van der Waals surface area (Å²) in [6.45, 7) is 0.246. The molecule has 2 aliphatic rings. The lowest BCUT2D eigenvalue weighted by Gasteiger charge is -2.20. The van der Waals surface area contributed by atoms with E-state index in [2.05, 4.69) is 20.9 Å². The van der Waals surface area contributed by atoms with Gasteiger partial charge in [-0.1, -0.05) is 15.9 Å². The Labute approximate surface area is 113 Å². The lowest BCUT2D eigenvalue weighted by molar-refractivity contribution is 0.0855. The molecule has 1 amide bonds. The zero-order chi connectivity index (χ0) is 13.0. The molecular formula is C11H11BrN2O3S. The maximum atomic E-state index is 12.2. The Bertz CT molecular complexity index is 625. The lowest BCUT2D eigenvalue weighted by atomic mass is 10.1. The third-order valence-electron chi connectivity index (χ3n) is 3.48. The quantitative estimate of drug-likeness (QED) is 0.786. The lowest BCUT2D eigenvalue weighted by Crippen LogP contribution is -2.36. The van der Waals surface area contributed by atoms with Gasteiger partial charge in [0.25, 0.3) is 15.9 Å². The number of sulfonamides is 1. The zero-order valence-electron chi connectivity index (χ0n) is 9.47. The Hall–Kier alpha value is -0.950. The van der Waals surface area contributed by atoms with Crippen LogP contribution in [-0.4, -0.2) is 35.5 Å². The fraction of sp³-hybridized carbons (Fsp3) is 0.455. The fourth-order valence-corrected chi connectivity index (χ4v) is 4.41. The number of amides is 1. The molecule has 0 saturated heterocycles. The number of carbonyl (C=O) groups excluding carboxylic acids is 1. The molecule has 1 saturated carbocycles. The van der Waals surface area contributed by atoms with Crippen molar-refractivity contribution in [3.8, 4) is 0 Å². The van der Waals surface area contributed by atoms with Crippen molar-refractivity contribution in [1.82, 2.24) is 9.29 Å². The summed E-state index contributed by atoms with van der Waals surface area (Å²) in [5.41, 5.74) is 0.105. The monoisotopic (exact) mass is 330 g/mol. The Kier molecular flexibility index (Phi) is 2.54. The molecule has 1 aromatic heterocycles. The van der Waals surface area contributed by atoms with Crippen molar-refractivity contribution in [2.24, 2.45) is 5.41 Å². The highest BCUT2D eigenvalue weighted by Gasteiger charge is 2.50. The molecule has 0 bridgehead atoms. The van der Waals surface area contributed by atoms with Gasteiger partial charge in [0, 0.05) is 18.1 Å². The van der Waals surface area contributed by atoms with Crippen LogP contribution in [0.4, 0.5) is 0 Å². The van der Waals surface area contributed by atoms with Crippen LogP contribution in [0.15, 0.2) is 23.4 Å². The molecule has 5 nitrogen and oxygen atoms in total. The molecule has 1 aliphatic carbocycles. The van der Waals surface area contributed by atoms with Crippen LogP contribution >= 0.6 is 15.9 Å². The summed E-state index contributed by atoms with van der Waals surface area (Å²) < 4.78 is 25.5. The zero-order valence-corrected chi connectivity index (χ0v) is 11.9. The third-order valence-corrected chi connectivity index (χ3v) is 6.36. The highest BCUT2D eigenvalue weighted by molar-refractivity contribution is 9.09. The van der Waals surface area contributed by atoms with Crippen molar-refractivity contribution in [1.29, 1.82) is 0 Å². The molecule has 0 unspecified atom stereocenters. The molecule has 0 N–H and O–H groups in total. The number of carbonyl (C=O) groups is 1. The largest absolute Gasteiger partial charge is 0.285 e. The number of alkyl halides is 1. The summed E-state index contributed by atoms with van der Waals surface area (Å²) in [6, 6.07) is 3.09. The number of rotatable bonds is 3. The van der Waals surface area contributed by atoms with Gasteiger partial charge < -0.3 is 0 Å². The average molecular weight is 331 g/mol. The molecule has 3 rings (SSSR count). The maximum Gasteiger partial charge on any atom is 0.285 e. The first kappa shape index (κ1) is 12.1. The van der Waals surface area contributed by atoms with E-state index < -0.39 is 15.9 Å². The summed E-state index contributed by atoms with van der Waals surface area (Å²) in [6.07, 6.45) is 3.28. The van der Waals surface area contributed by atoms with Crippen molar-refractivity contribution in [3.05, 3.63) is 23.9 Å². The van der Waals surface area contributed by atoms with Gasteiger partial charge in [-0.25, -0.2) is 9.29 Å². The van der Waals surface area contributed by atoms with E-state index in [0.717, 1.165) is 17.1 Å². The van der Waals surface area contributed by atoms with Gasteiger partial charge in [0.05, 0.1) is 5.56 Å². The second kappa shape index (κ2) is 3.77. The van der Waals surface area contributed by atoms with E-state index in [0.29, 0.717) is 5.33 Å². The van der Waals surface area contributed by atoms with Gasteiger partial charge in [0.2, 0.25) is 0 Å². The van der Waals surface area contributed by atoms with Crippen LogP contribution < -0.4 is 0 Å². The minimum Gasteiger partial charge on any atom is -0.268 e. The number of hydrogen-bond acceptors (Lipinski definition) is 4. The fourth-order valence-electron chi connectivity index (χ4n) is 2.08. The summed E-state index contributed by atoms with van der Waals surface area (Å²) >= 11 is 3.38. The van der Waals surface area contributed by atoms with Crippen LogP contribution in [0, 0.1) is 5.41 Å². The molecule has 0 spiro atoms. The minimum atomic E-state index is -3.75. The van der Waals surface area contributed by atoms with Crippen LogP contribution in [0.25, 0.3) is 0 Å². The van der Waals surface area contributed by atoms with Gasteiger partial charge in [-0.3, -0.25) is 4.79 Å². The predicted octanol–water partition coefficient (Wildman–Crippen LogP) is 1.40. The first-order valence-electron chi connectivity index (χ1n) is 5.58. The number of nitrogens with zero attached hydrogens (tertiary/aromatic N) is 2. The van der Waals surface area contributed by atoms with Gasteiger partial charge in [-0.05, 0) is 30.4 Å². The predicted molar refractivity (Wildman–Crippen MR) is 67.9 cm³/mol. The SMILES string of the molecule is O=C1c2cccnc2S(=O)(=O)N1CC1(CBr)CC1. The molecule has 18 heavy (non-hydrogen) atoms. The maximum absolute atomic E-state index is 12.2. The molecule has 1 fully saturated rings. The Morgan fingerprint density at radius 3 is 2.72 bits per heavy atom. The van der Waals surface area contributed by atoms with Crippen LogP contribution in [0.1, 0.15) is 23.2 Å². The average Bonchev–Trinajstić information content (AvgIpc) is 3.12. The molecule has 7 heteroatoms. The first-order valence-corrected chi connectivity index (χ1v) is 8.14.